The van der Waals surface area contributed by atoms with E-state index < -0.39 is 0 Å². The molecule has 0 radical (unpaired) electrons. The van der Waals surface area contributed by atoms with Crippen LogP contribution in [0.2, 0.25) is 0 Å². The van der Waals surface area contributed by atoms with Crippen molar-refractivity contribution in [1.82, 2.24) is 9.55 Å². The number of nitrogens with two attached hydrogens (primary N) is 1. The minimum absolute atomic E-state index is 0.162. The molecule has 6 heteroatoms. The smallest absolute Gasteiger partial charge is 0.299 e. The summed E-state index contributed by atoms with van der Waals surface area (Å²) in [5.74, 6) is 0.664. The van der Waals surface area contributed by atoms with Gasteiger partial charge in [-0.05, 0) is 19.1 Å². The van der Waals surface area contributed by atoms with E-state index in [-0.39, 0.29) is 11.6 Å². The van der Waals surface area contributed by atoms with Gasteiger partial charge in [0.05, 0.1) is 13.7 Å². The van der Waals surface area contributed by atoms with Crippen molar-refractivity contribution in [2.45, 2.75) is 13.5 Å². The Morgan fingerprint density at radius 1 is 1.35 bits per heavy atom. The Morgan fingerprint density at radius 3 is 2.85 bits per heavy atom. The molecule has 2 rings (SSSR count). The van der Waals surface area contributed by atoms with Crippen molar-refractivity contribution >= 4 is 5.69 Å². The van der Waals surface area contributed by atoms with Crippen LogP contribution in [-0.4, -0.2) is 23.3 Å². The Hall–Kier alpha value is -2.50. The molecule has 106 valence electrons. The zero-order valence-electron chi connectivity index (χ0n) is 11.5. The molecule has 2 N–H and O–H groups in total. The van der Waals surface area contributed by atoms with Crippen molar-refractivity contribution in [3.8, 4) is 11.8 Å². The Kier molecular flexibility index (Phi) is 4.24. The molecule has 1 heterocycles. The van der Waals surface area contributed by atoms with Crippen LogP contribution in [0.25, 0.3) is 0 Å². The van der Waals surface area contributed by atoms with E-state index in [1.807, 2.05) is 12.1 Å². The molecule has 0 aliphatic carbocycles. The number of rotatable bonds is 5. The zero-order chi connectivity index (χ0) is 14.5. The monoisotopic (exact) mass is 275 g/mol. The van der Waals surface area contributed by atoms with Gasteiger partial charge in [-0.2, -0.15) is 0 Å². The summed E-state index contributed by atoms with van der Waals surface area (Å²) in [6, 6.07) is 8.88. The summed E-state index contributed by atoms with van der Waals surface area (Å²) in [4.78, 5) is 16.0. The summed E-state index contributed by atoms with van der Waals surface area (Å²) in [6.45, 7) is 2.42. The highest BCUT2D eigenvalue weighted by molar-refractivity contribution is 5.43. The number of methoxy groups -OCH3 is 1. The van der Waals surface area contributed by atoms with Crippen molar-refractivity contribution in [1.29, 1.82) is 0 Å². The molecule has 6 nitrogen and oxygen atoms in total. The van der Waals surface area contributed by atoms with Gasteiger partial charge in [0.1, 0.15) is 12.4 Å². The molecule has 0 fully saturated rings. The fraction of sp³-hybridized carbons (Fsp3) is 0.286. The number of nitrogens with zero attached hydrogens (tertiary/aromatic N) is 2. The number of hydrogen-bond donors (Lipinski definition) is 1. The summed E-state index contributed by atoms with van der Waals surface area (Å²) < 4.78 is 12.1. The second kappa shape index (κ2) is 6.10. The van der Waals surface area contributed by atoms with E-state index in [4.69, 9.17) is 15.2 Å². The van der Waals surface area contributed by atoms with Crippen LogP contribution in [0.15, 0.2) is 35.1 Å². The molecule has 1 aromatic heterocycles. The predicted molar refractivity (Wildman–Crippen MR) is 76.1 cm³/mol. The van der Waals surface area contributed by atoms with E-state index in [0.29, 0.717) is 30.3 Å². The van der Waals surface area contributed by atoms with Gasteiger partial charge in [0.25, 0.3) is 11.6 Å². The third-order valence-electron chi connectivity index (χ3n) is 2.73. The first-order valence-corrected chi connectivity index (χ1v) is 6.21. The fourth-order valence-electron chi connectivity index (χ4n) is 1.82. The van der Waals surface area contributed by atoms with Gasteiger partial charge >= 0.3 is 0 Å². The van der Waals surface area contributed by atoms with Crippen molar-refractivity contribution in [2.75, 3.05) is 19.5 Å². The average molecular weight is 275 g/mol. The summed E-state index contributed by atoms with van der Waals surface area (Å²) in [5, 5.41) is 0. The number of hydrogen-bond acceptors (Lipinski definition) is 5. The van der Waals surface area contributed by atoms with Gasteiger partial charge in [0, 0.05) is 23.5 Å². The number of nitrogen functional groups attached to an aromatic ring is 1. The summed E-state index contributed by atoms with van der Waals surface area (Å²) in [5.41, 5.74) is 6.76. The van der Waals surface area contributed by atoms with Gasteiger partial charge in [-0.3, -0.25) is 9.36 Å². The second-order valence-electron chi connectivity index (χ2n) is 4.30. The Bertz CT molecular complexity index is 652. The first-order chi connectivity index (χ1) is 9.60. The van der Waals surface area contributed by atoms with Gasteiger partial charge in [0.15, 0.2) is 0 Å². The molecule has 20 heavy (non-hydrogen) atoms. The molecule has 0 aliphatic heterocycles. The minimum Gasteiger partial charge on any atom is -0.492 e. The van der Waals surface area contributed by atoms with Gasteiger partial charge in [-0.25, -0.2) is 4.98 Å². The minimum atomic E-state index is -0.162. The molecular formula is C14H17N3O3. The number of aromatic nitrogens is 2. The lowest BCUT2D eigenvalue weighted by Gasteiger charge is -2.12. The molecule has 1 aromatic carbocycles. The number of ether oxygens (including phenoxy) is 2. The molecule has 0 aliphatic rings. The standard InChI is InChI=1S/C14H17N3O3/c1-10-8-13(18)17(14(16-10)19-2)6-7-20-12-5-3-4-11(15)9-12/h3-5,8-9H,6-7,15H2,1-2H3. The third-order valence-corrected chi connectivity index (χ3v) is 2.73. The van der Waals surface area contributed by atoms with Crippen LogP contribution in [0.3, 0.4) is 0 Å². The largest absolute Gasteiger partial charge is 0.492 e. The van der Waals surface area contributed by atoms with Gasteiger partial charge in [-0.1, -0.05) is 6.07 Å². The lowest BCUT2D eigenvalue weighted by atomic mass is 10.3. The second-order valence-corrected chi connectivity index (χ2v) is 4.30. The molecule has 0 amide bonds. The Labute approximate surface area is 116 Å². The first kappa shape index (κ1) is 13.9. The van der Waals surface area contributed by atoms with Crippen LogP contribution in [0, 0.1) is 6.92 Å². The normalized spacial score (nSPS) is 10.3. The van der Waals surface area contributed by atoms with E-state index in [0.717, 1.165) is 0 Å². The van der Waals surface area contributed by atoms with Crippen LogP contribution in [0.1, 0.15) is 5.69 Å². The van der Waals surface area contributed by atoms with Crippen molar-refractivity contribution in [3.05, 3.63) is 46.4 Å². The third kappa shape index (κ3) is 3.28. The molecule has 0 saturated heterocycles. The fourth-order valence-corrected chi connectivity index (χ4v) is 1.82. The van der Waals surface area contributed by atoms with Crippen LogP contribution < -0.4 is 20.8 Å². The first-order valence-electron chi connectivity index (χ1n) is 6.21. The van der Waals surface area contributed by atoms with Crippen molar-refractivity contribution in [3.63, 3.8) is 0 Å². The average Bonchev–Trinajstić information content (AvgIpc) is 2.40. The van der Waals surface area contributed by atoms with Crippen LogP contribution in [0.5, 0.6) is 11.8 Å². The van der Waals surface area contributed by atoms with Gasteiger partial charge < -0.3 is 15.2 Å². The van der Waals surface area contributed by atoms with E-state index >= 15 is 0 Å². The summed E-state index contributed by atoms with van der Waals surface area (Å²) >= 11 is 0. The predicted octanol–water partition coefficient (Wildman–Crippen LogP) is 1.22. The molecular weight excluding hydrogens is 258 g/mol. The van der Waals surface area contributed by atoms with Crippen LogP contribution >= 0.6 is 0 Å². The topological polar surface area (TPSA) is 79.4 Å². The Balaban J connectivity index is 2.06. The summed E-state index contributed by atoms with van der Waals surface area (Å²) in [7, 11) is 1.48. The highest BCUT2D eigenvalue weighted by atomic mass is 16.5. The SMILES string of the molecule is COc1nc(C)cc(=O)n1CCOc1cccc(N)c1. The van der Waals surface area contributed by atoms with Crippen LogP contribution in [0.4, 0.5) is 5.69 Å². The lowest BCUT2D eigenvalue weighted by molar-refractivity contribution is 0.275. The maximum absolute atomic E-state index is 11.9. The van der Waals surface area contributed by atoms with Gasteiger partial charge in [-0.15, -0.1) is 0 Å². The molecule has 0 spiro atoms. The number of anilines is 1. The van der Waals surface area contributed by atoms with Gasteiger partial charge in [0.2, 0.25) is 0 Å². The maximum Gasteiger partial charge on any atom is 0.299 e. The summed E-state index contributed by atoms with van der Waals surface area (Å²) in [6.07, 6.45) is 0. The zero-order valence-corrected chi connectivity index (χ0v) is 11.5. The molecule has 0 saturated carbocycles. The molecule has 0 unspecified atom stereocenters. The Morgan fingerprint density at radius 2 is 2.15 bits per heavy atom. The maximum atomic E-state index is 11.9. The van der Waals surface area contributed by atoms with Crippen LogP contribution in [-0.2, 0) is 6.54 Å². The lowest BCUT2D eigenvalue weighted by Crippen LogP contribution is -2.25. The number of aryl methyl sites for hydroxylation is 1. The van der Waals surface area contributed by atoms with Crippen molar-refractivity contribution < 1.29 is 9.47 Å². The number of benzene rings is 1. The highest BCUT2D eigenvalue weighted by Crippen LogP contribution is 2.14. The molecule has 0 atom stereocenters. The molecule has 0 bridgehead atoms. The highest BCUT2D eigenvalue weighted by Gasteiger charge is 2.07. The van der Waals surface area contributed by atoms with E-state index in [9.17, 15) is 4.79 Å². The van der Waals surface area contributed by atoms with E-state index in [1.54, 1.807) is 19.1 Å². The quantitative estimate of drug-likeness (QED) is 0.830. The van der Waals surface area contributed by atoms with Crippen molar-refractivity contribution in [2.24, 2.45) is 0 Å². The molecule has 2 aromatic rings. The van der Waals surface area contributed by atoms with E-state index in [1.165, 1.54) is 17.7 Å². The van der Waals surface area contributed by atoms with E-state index in [2.05, 4.69) is 4.98 Å².